The summed E-state index contributed by atoms with van der Waals surface area (Å²) >= 11 is 0. The van der Waals surface area contributed by atoms with Crippen molar-refractivity contribution in [1.29, 1.82) is 0 Å². The first-order chi connectivity index (χ1) is 7.05. The number of likely N-dealkylation sites (tertiary alicyclic amines) is 1. The second-order valence-electron chi connectivity index (χ2n) is 5.53. The van der Waals surface area contributed by atoms with Crippen LogP contribution in [0.2, 0.25) is 0 Å². The highest BCUT2D eigenvalue weighted by atomic mass is 15.2. The van der Waals surface area contributed by atoms with Gasteiger partial charge in [-0.1, -0.05) is 0 Å². The standard InChI is InChI=1S/C12H21N3/c1-12(2,3)15-6-4-11(9-15)8-14-7-5-13-10-14/h5,7,10-11H,4,6,8-9H2,1-3H3/t11-/m0/s1. The van der Waals surface area contributed by atoms with E-state index in [-0.39, 0.29) is 0 Å². The van der Waals surface area contributed by atoms with E-state index in [1.807, 2.05) is 12.5 Å². The van der Waals surface area contributed by atoms with Gasteiger partial charge in [-0.3, -0.25) is 4.90 Å². The fraction of sp³-hybridized carbons (Fsp3) is 0.750. The largest absolute Gasteiger partial charge is 0.337 e. The second kappa shape index (κ2) is 3.97. The van der Waals surface area contributed by atoms with E-state index in [0.29, 0.717) is 5.54 Å². The Balaban J connectivity index is 1.88. The van der Waals surface area contributed by atoms with Crippen molar-refractivity contribution in [3.63, 3.8) is 0 Å². The van der Waals surface area contributed by atoms with E-state index in [9.17, 15) is 0 Å². The first kappa shape index (κ1) is 10.7. The summed E-state index contributed by atoms with van der Waals surface area (Å²) in [5.74, 6) is 0.790. The quantitative estimate of drug-likeness (QED) is 0.739. The van der Waals surface area contributed by atoms with Gasteiger partial charge in [0.1, 0.15) is 0 Å². The van der Waals surface area contributed by atoms with Gasteiger partial charge in [-0.15, -0.1) is 0 Å². The lowest BCUT2D eigenvalue weighted by atomic mass is 10.1. The topological polar surface area (TPSA) is 21.1 Å². The van der Waals surface area contributed by atoms with Gasteiger partial charge in [-0.05, 0) is 39.7 Å². The van der Waals surface area contributed by atoms with Crippen molar-refractivity contribution in [3.05, 3.63) is 18.7 Å². The molecule has 84 valence electrons. The fourth-order valence-electron chi connectivity index (χ4n) is 2.28. The Morgan fingerprint density at radius 1 is 1.40 bits per heavy atom. The van der Waals surface area contributed by atoms with Crippen LogP contribution in [0.5, 0.6) is 0 Å². The lowest BCUT2D eigenvalue weighted by Crippen LogP contribution is -2.39. The Labute approximate surface area is 92.1 Å². The van der Waals surface area contributed by atoms with E-state index in [4.69, 9.17) is 0 Å². The van der Waals surface area contributed by atoms with Crippen LogP contribution in [0.1, 0.15) is 27.2 Å². The third kappa shape index (κ3) is 2.59. The Kier molecular flexibility index (Phi) is 2.83. The summed E-state index contributed by atoms with van der Waals surface area (Å²) in [7, 11) is 0. The van der Waals surface area contributed by atoms with Crippen molar-refractivity contribution in [2.24, 2.45) is 5.92 Å². The minimum atomic E-state index is 0.323. The van der Waals surface area contributed by atoms with Crippen LogP contribution < -0.4 is 0 Å². The second-order valence-corrected chi connectivity index (χ2v) is 5.53. The van der Waals surface area contributed by atoms with Crippen LogP contribution in [0.25, 0.3) is 0 Å². The molecule has 1 atom stereocenters. The van der Waals surface area contributed by atoms with E-state index in [0.717, 1.165) is 12.5 Å². The summed E-state index contributed by atoms with van der Waals surface area (Å²) in [6.45, 7) is 10.5. The highest BCUT2D eigenvalue weighted by molar-refractivity contribution is 4.86. The van der Waals surface area contributed by atoms with E-state index in [2.05, 4.69) is 41.4 Å². The van der Waals surface area contributed by atoms with Crippen molar-refractivity contribution in [2.45, 2.75) is 39.3 Å². The Bertz CT molecular complexity index is 297. The zero-order valence-electron chi connectivity index (χ0n) is 9.98. The molecule has 2 heterocycles. The summed E-state index contributed by atoms with van der Waals surface area (Å²) < 4.78 is 2.19. The zero-order chi connectivity index (χ0) is 10.9. The van der Waals surface area contributed by atoms with Gasteiger partial charge in [-0.25, -0.2) is 4.98 Å². The smallest absolute Gasteiger partial charge is 0.0946 e. The molecule has 1 aliphatic rings. The summed E-state index contributed by atoms with van der Waals surface area (Å²) in [5.41, 5.74) is 0.323. The van der Waals surface area contributed by atoms with Crippen LogP contribution in [0.3, 0.4) is 0 Å². The first-order valence-corrected chi connectivity index (χ1v) is 5.76. The maximum atomic E-state index is 4.08. The highest BCUT2D eigenvalue weighted by Gasteiger charge is 2.29. The SMILES string of the molecule is CC(C)(C)N1CC[C@@H](Cn2ccnc2)C1. The average molecular weight is 207 g/mol. The fourth-order valence-corrected chi connectivity index (χ4v) is 2.28. The molecule has 0 saturated carbocycles. The number of rotatable bonds is 2. The Morgan fingerprint density at radius 3 is 2.73 bits per heavy atom. The zero-order valence-corrected chi connectivity index (χ0v) is 9.98. The van der Waals surface area contributed by atoms with Crippen LogP contribution in [0.4, 0.5) is 0 Å². The molecule has 0 N–H and O–H groups in total. The molecule has 2 rings (SSSR count). The van der Waals surface area contributed by atoms with Crippen LogP contribution in [0.15, 0.2) is 18.7 Å². The Morgan fingerprint density at radius 2 is 2.20 bits per heavy atom. The molecule has 1 aromatic heterocycles. The van der Waals surface area contributed by atoms with Crippen molar-refractivity contribution in [3.8, 4) is 0 Å². The van der Waals surface area contributed by atoms with Gasteiger partial charge >= 0.3 is 0 Å². The Hall–Kier alpha value is -0.830. The van der Waals surface area contributed by atoms with Crippen LogP contribution in [-0.2, 0) is 6.54 Å². The van der Waals surface area contributed by atoms with Crippen molar-refractivity contribution < 1.29 is 0 Å². The minimum Gasteiger partial charge on any atom is -0.337 e. The van der Waals surface area contributed by atoms with Crippen LogP contribution in [0, 0.1) is 5.92 Å². The van der Waals surface area contributed by atoms with E-state index >= 15 is 0 Å². The van der Waals surface area contributed by atoms with E-state index in [1.54, 1.807) is 0 Å². The lowest BCUT2D eigenvalue weighted by molar-refractivity contribution is 0.166. The summed E-state index contributed by atoms with van der Waals surface area (Å²) in [5, 5.41) is 0. The van der Waals surface area contributed by atoms with Gasteiger partial charge in [0.25, 0.3) is 0 Å². The van der Waals surface area contributed by atoms with E-state index in [1.165, 1.54) is 19.5 Å². The van der Waals surface area contributed by atoms with Gasteiger partial charge in [-0.2, -0.15) is 0 Å². The molecule has 1 aliphatic heterocycles. The number of hydrogen-bond acceptors (Lipinski definition) is 2. The molecule has 0 spiro atoms. The molecule has 1 fully saturated rings. The first-order valence-electron chi connectivity index (χ1n) is 5.76. The number of nitrogens with zero attached hydrogens (tertiary/aromatic N) is 3. The van der Waals surface area contributed by atoms with Gasteiger partial charge < -0.3 is 4.57 Å². The number of aromatic nitrogens is 2. The third-order valence-electron chi connectivity index (χ3n) is 3.26. The lowest BCUT2D eigenvalue weighted by Gasteiger charge is -2.31. The molecule has 1 saturated heterocycles. The normalized spacial score (nSPS) is 23.5. The summed E-state index contributed by atoms with van der Waals surface area (Å²) in [6.07, 6.45) is 7.14. The molecule has 0 radical (unpaired) electrons. The predicted molar refractivity (Wildman–Crippen MR) is 61.7 cm³/mol. The molecule has 1 aromatic rings. The molecule has 0 unspecified atom stereocenters. The molecule has 3 nitrogen and oxygen atoms in total. The van der Waals surface area contributed by atoms with E-state index < -0.39 is 0 Å². The molecule has 0 amide bonds. The van der Waals surface area contributed by atoms with Gasteiger partial charge in [0.2, 0.25) is 0 Å². The minimum absolute atomic E-state index is 0.323. The maximum Gasteiger partial charge on any atom is 0.0946 e. The number of imidazole rings is 1. The molecular weight excluding hydrogens is 186 g/mol. The van der Waals surface area contributed by atoms with Gasteiger partial charge in [0.15, 0.2) is 0 Å². The predicted octanol–water partition coefficient (Wildman–Crippen LogP) is 2.00. The van der Waals surface area contributed by atoms with Gasteiger partial charge in [0.05, 0.1) is 6.33 Å². The monoisotopic (exact) mass is 207 g/mol. The molecule has 15 heavy (non-hydrogen) atoms. The summed E-state index contributed by atoms with van der Waals surface area (Å²) in [4.78, 5) is 6.66. The van der Waals surface area contributed by atoms with Crippen LogP contribution in [-0.4, -0.2) is 33.1 Å². The molecule has 0 aliphatic carbocycles. The molecule has 3 heteroatoms. The summed E-state index contributed by atoms with van der Waals surface area (Å²) in [6, 6.07) is 0. The van der Waals surface area contributed by atoms with Crippen molar-refractivity contribution in [1.82, 2.24) is 14.5 Å². The number of hydrogen-bond donors (Lipinski definition) is 0. The van der Waals surface area contributed by atoms with Crippen LogP contribution >= 0.6 is 0 Å². The highest BCUT2D eigenvalue weighted by Crippen LogP contribution is 2.25. The maximum absolute atomic E-state index is 4.08. The average Bonchev–Trinajstić information content (AvgIpc) is 2.73. The van der Waals surface area contributed by atoms with Gasteiger partial charge in [0, 0.05) is 31.0 Å². The molecule has 0 bridgehead atoms. The third-order valence-corrected chi connectivity index (χ3v) is 3.26. The van der Waals surface area contributed by atoms with Crippen molar-refractivity contribution >= 4 is 0 Å². The molecule has 0 aromatic carbocycles. The van der Waals surface area contributed by atoms with Crippen molar-refractivity contribution in [2.75, 3.05) is 13.1 Å². The molecular formula is C12H21N3.